The average molecular weight is 963 g/mol. The molecule has 2 saturated carbocycles. The Morgan fingerprint density at radius 3 is 1.27 bits per heavy atom. The minimum Gasteiger partial charge on any atom is -0.310 e. The van der Waals surface area contributed by atoms with Gasteiger partial charge in [-0.15, -0.1) is 0 Å². The molecule has 0 spiro atoms. The van der Waals surface area contributed by atoms with Crippen LogP contribution in [0.5, 0.6) is 0 Å². The monoisotopic (exact) mass is 962 g/mol. The lowest BCUT2D eigenvalue weighted by Crippen LogP contribution is -2.59. The van der Waals surface area contributed by atoms with Gasteiger partial charge < -0.3 is 9.13 Å². The van der Waals surface area contributed by atoms with Crippen LogP contribution in [0.1, 0.15) is 87.2 Å². The Balaban J connectivity index is 1.12. The van der Waals surface area contributed by atoms with Crippen molar-refractivity contribution in [3.8, 4) is 67.1 Å². The molecule has 2 aliphatic carbocycles. The van der Waals surface area contributed by atoms with Gasteiger partial charge in [-0.1, -0.05) is 172 Å². The number of aromatic nitrogens is 4. The summed E-state index contributed by atoms with van der Waals surface area (Å²) in [6, 6.07) is 72.1. The number of rotatable bonds is 7. The van der Waals surface area contributed by atoms with Crippen molar-refractivity contribution in [3.05, 3.63) is 212 Å². The van der Waals surface area contributed by atoms with Gasteiger partial charge in [-0.05, 0) is 164 Å². The van der Waals surface area contributed by atoms with E-state index >= 15 is 0 Å². The largest absolute Gasteiger partial charge is 0.310 e. The van der Waals surface area contributed by atoms with Crippen molar-refractivity contribution in [2.75, 3.05) is 0 Å². The molecule has 2 aliphatic heterocycles. The molecule has 16 rings (SSSR count). The molecule has 0 unspecified atom stereocenters. The quantitative estimate of drug-likeness (QED) is 0.149. The minimum atomic E-state index is 0.00249. The van der Waals surface area contributed by atoms with Gasteiger partial charge in [0.1, 0.15) is 6.33 Å². The Morgan fingerprint density at radius 1 is 0.400 bits per heavy atom. The van der Waals surface area contributed by atoms with Crippen molar-refractivity contribution in [2.45, 2.75) is 76.0 Å². The van der Waals surface area contributed by atoms with Crippen LogP contribution in [0.25, 0.3) is 111 Å². The second kappa shape index (κ2) is 17.1. The fourth-order valence-electron chi connectivity index (χ4n) is 14.6. The zero-order valence-corrected chi connectivity index (χ0v) is 42.1. The van der Waals surface area contributed by atoms with E-state index in [1.54, 1.807) is 6.33 Å². The highest BCUT2D eigenvalue weighted by atomic mass is 15.0. The predicted molar refractivity (Wildman–Crippen MR) is 314 cm³/mol. The molecule has 0 amide bonds. The summed E-state index contributed by atoms with van der Waals surface area (Å²) in [6.07, 6.45) is 16.4. The van der Waals surface area contributed by atoms with E-state index < -0.39 is 0 Å². The molecule has 5 heterocycles. The summed E-state index contributed by atoms with van der Waals surface area (Å²) in [6.45, 7) is 0.00249. The van der Waals surface area contributed by atoms with E-state index in [-0.39, 0.29) is 6.71 Å². The minimum absolute atomic E-state index is 0.00249. The maximum Gasteiger partial charge on any atom is 0.252 e. The van der Waals surface area contributed by atoms with Gasteiger partial charge in [-0.2, -0.15) is 0 Å². The molecule has 3 aromatic heterocycles. The Bertz CT molecular complexity index is 3970. The fourth-order valence-corrected chi connectivity index (χ4v) is 14.6. The lowest BCUT2D eigenvalue weighted by molar-refractivity contribution is 0.444. The van der Waals surface area contributed by atoms with Crippen LogP contribution in [0.2, 0.25) is 0 Å². The molecule has 9 aromatic carbocycles. The van der Waals surface area contributed by atoms with Crippen LogP contribution in [-0.2, 0) is 0 Å². The van der Waals surface area contributed by atoms with Gasteiger partial charge in [-0.3, -0.25) is 0 Å². The predicted octanol–water partition coefficient (Wildman–Crippen LogP) is 16.2. The summed E-state index contributed by atoms with van der Waals surface area (Å²) in [5.41, 5.74) is 26.9. The summed E-state index contributed by atoms with van der Waals surface area (Å²) in [4.78, 5) is 9.45. The first-order valence-corrected chi connectivity index (χ1v) is 27.7. The molecule has 0 N–H and O–H groups in total. The smallest absolute Gasteiger partial charge is 0.252 e. The summed E-state index contributed by atoms with van der Waals surface area (Å²) in [5, 5.41) is 5.40. The van der Waals surface area contributed by atoms with Crippen LogP contribution >= 0.6 is 0 Å². The molecule has 0 radical (unpaired) electrons. The molecule has 5 heteroatoms. The van der Waals surface area contributed by atoms with E-state index in [0.717, 1.165) is 11.3 Å². The van der Waals surface area contributed by atoms with Crippen LogP contribution in [0, 0.1) is 0 Å². The van der Waals surface area contributed by atoms with Gasteiger partial charge in [0, 0.05) is 55.7 Å². The van der Waals surface area contributed by atoms with Crippen molar-refractivity contribution in [2.24, 2.45) is 0 Å². The molecule has 0 atom stereocenters. The van der Waals surface area contributed by atoms with Gasteiger partial charge in [0.2, 0.25) is 0 Å². The molecule has 4 nitrogen and oxygen atoms in total. The Labute approximate surface area is 438 Å². The van der Waals surface area contributed by atoms with Crippen LogP contribution < -0.4 is 16.4 Å². The van der Waals surface area contributed by atoms with Crippen molar-refractivity contribution in [3.63, 3.8) is 0 Å². The van der Waals surface area contributed by atoms with E-state index in [4.69, 9.17) is 4.98 Å². The van der Waals surface area contributed by atoms with Crippen molar-refractivity contribution >= 4 is 66.7 Å². The van der Waals surface area contributed by atoms with Crippen molar-refractivity contribution < 1.29 is 0 Å². The first-order valence-electron chi connectivity index (χ1n) is 27.7. The highest BCUT2D eigenvalue weighted by molar-refractivity contribution is 7.00. The molecular formula is C70H55BN4. The van der Waals surface area contributed by atoms with E-state index in [1.807, 2.05) is 6.20 Å². The summed E-state index contributed by atoms with van der Waals surface area (Å²) in [7, 11) is 0. The number of fused-ring (bicyclic) bond motifs is 10. The second-order valence-electron chi connectivity index (χ2n) is 22.1. The van der Waals surface area contributed by atoms with Crippen LogP contribution in [-0.4, -0.2) is 25.8 Å². The molecule has 4 aliphatic rings. The fraction of sp³-hybridized carbons (Fsp3) is 0.171. The van der Waals surface area contributed by atoms with Gasteiger partial charge in [0.25, 0.3) is 6.71 Å². The zero-order valence-electron chi connectivity index (χ0n) is 42.1. The summed E-state index contributed by atoms with van der Waals surface area (Å²) < 4.78 is 5.40. The number of nitrogens with zero attached hydrogens (tertiary/aromatic N) is 4. The van der Waals surface area contributed by atoms with Crippen molar-refractivity contribution in [1.82, 2.24) is 19.1 Å². The molecule has 0 saturated heterocycles. The average Bonchev–Trinajstić information content (AvgIpc) is 4.21. The lowest BCUT2D eigenvalue weighted by atomic mass is 9.34. The SMILES string of the molecule is c1ccc(-c2cc(-c3ccccc3)c3c4cc(C5CCCCC5)cc5c4n(c3c2)-c2cc(-c3ccncn3)cc3c2B5c2cc(C4CCCCC4)cc4c5c(-c6ccccc6)cc(-c6ccccc6)cc5n-3c24)cc1. The van der Waals surface area contributed by atoms with Gasteiger partial charge in [0.05, 0.1) is 16.7 Å². The van der Waals surface area contributed by atoms with Crippen LogP contribution in [0.15, 0.2) is 201 Å². The lowest BCUT2D eigenvalue weighted by Gasteiger charge is -2.35. The maximum absolute atomic E-state index is 5.01. The highest BCUT2D eigenvalue weighted by Gasteiger charge is 2.43. The first kappa shape index (κ1) is 43.2. The number of hydrogen-bond acceptors (Lipinski definition) is 2. The Morgan fingerprint density at radius 2 is 0.840 bits per heavy atom. The molecule has 2 fully saturated rings. The third kappa shape index (κ3) is 6.69. The zero-order chi connectivity index (χ0) is 49.1. The van der Waals surface area contributed by atoms with Crippen LogP contribution in [0.3, 0.4) is 0 Å². The topological polar surface area (TPSA) is 35.6 Å². The van der Waals surface area contributed by atoms with E-state index in [0.29, 0.717) is 11.8 Å². The second-order valence-corrected chi connectivity index (χ2v) is 22.1. The normalized spacial score (nSPS) is 15.3. The van der Waals surface area contributed by atoms with Gasteiger partial charge in [-0.25, -0.2) is 9.97 Å². The third-order valence-electron chi connectivity index (χ3n) is 18.0. The van der Waals surface area contributed by atoms with Gasteiger partial charge in [0.15, 0.2) is 0 Å². The Hall–Kier alpha value is -8.28. The molecule has 12 aromatic rings. The van der Waals surface area contributed by atoms with Gasteiger partial charge >= 0.3 is 0 Å². The summed E-state index contributed by atoms with van der Waals surface area (Å²) in [5.74, 6) is 1.05. The number of hydrogen-bond donors (Lipinski definition) is 0. The van der Waals surface area contributed by atoms with E-state index in [2.05, 4.69) is 202 Å². The highest BCUT2D eigenvalue weighted by Crippen LogP contribution is 2.49. The van der Waals surface area contributed by atoms with E-state index in [1.165, 1.54) is 191 Å². The van der Waals surface area contributed by atoms with Crippen LogP contribution in [0.4, 0.5) is 0 Å². The Kier molecular flexibility index (Phi) is 9.87. The third-order valence-corrected chi connectivity index (χ3v) is 18.0. The maximum atomic E-state index is 5.01. The summed E-state index contributed by atoms with van der Waals surface area (Å²) >= 11 is 0. The number of benzene rings is 9. The molecular weight excluding hydrogens is 908 g/mol. The standard InChI is InChI=1S/C70H55BN4/c1-7-19-44(20-8-1)50-35-57-66-55(48-27-15-5-16-28-48)33-52(46-23-11-3-12-24-46)39-62(66)74-64-41-54(61-31-32-72-43-73-61)42-65-68(64)71(59(37-50)69(57)74)60-38-51(45-21-9-2-10-22-45)36-58-67-56(49-29-17-6-18-30-49)34-53(47-25-13-4-14-26-47)40-63(67)75(65)70(58)60/h3-6,11-18,23-45H,1-2,7-10,19-22H2. The molecule has 358 valence electrons. The van der Waals surface area contributed by atoms with E-state index in [9.17, 15) is 0 Å². The first-order chi connectivity index (χ1) is 37.2. The van der Waals surface area contributed by atoms with Crippen molar-refractivity contribution in [1.29, 1.82) is 0 Å². The molecule has 75 heavy (non-hydrogen) atoms. The molecule has 0 bridgehead atoms.